The molecule has 0 spiro atoms. The molecular weight excluding hydrogens is 394 g/mol. The number of fused-ring (bicyclic) bond motifs is 1. The van der Waals surface area contributed by atoms with Gasteiger partial charge >= 0.3 is 5.97 Å². The van der Waals surface area contributed by atoms with Crippen molar-refractivity contribution in [3.8, 4) is 0 Å². The third-order valence-corrected chi connectivity index (χ3v) is 4.43. The molecule has 12 nitrogen and oxygen atoms in total. The van der Waals surface area contributed by atoms with E-state index in [2.05, 4.69) is 20.3 Å². The number of esters is 1. The van der Waals surface area contributed by atoms with Gasteiger partial charge in [-0.15, -0.1) is 0 Å². The summed E-state index contributed by atoms with van der Waals surface area (Å²) in [5.74, 6) is -1.21. The minimum Gasteiger partial charge on any atom is -0.462 e. The number of amides is 1. The zero-order valence-electron chi connectivity index (χ0n) is 17.5. The number of carbonyl (C=O) groups excluding carboxylic acids is 2. The summed E-state index contributed by atoms with van der Waals surface area (Å²) < 4.78 is 12.2. The first kappa shape index (κ1) is 23.3. The maximum Gasteiger partial charge on any atom is 0.328 e. The molecule has 0 saturated heterocycles. The highest BCUT2D eigenvalue weighted by Gasteiger charge is 2.28. The highest BCUT2D eigenvalue weighted by atomic mass is 16.6. The van der Waals surface area contributed by atoms with Crippen molar-refractivity contribution in [2.24, 2.45) is 17.6 Å². The lowest BCUT2D eigenvalue weighted by atomic mass is 10.0. The molecule has 30 heavy (non-hydrogen) atoms. The Balaban J connectivity index is 0.00000480. The molecule has 1 amide bonds. The van der Waals surface area contributed by atoms with E-state index in [0.717, 1.165) is 0 Å². The summed E-state index contributed by atoms with van der Waals surface area (Å²) in [5, 5.41) is 2.65. The molecule has 2 unspecified atom stereocenters. The Bertz CT molecular complexity index is 943. The van der Waals surface area contributed by atoms with Crippen molar-refractivity contribution in [2.75, 3.05) is 18.9 Å². The minimum atomic E-state index is -0.807. The summed E-state index contributed by atoms with van der Waals surface area (Å²) in [5.41, 5.74) is 11.4. The Hall–Kier alpha value is -2.99. The highest BCUT2D eigenvalue weighted by molar-refractivity contribution is 5.87. The number of rotatable bonds is 10. The Morgan fingerprint density at radius 3 is 2.60 bits per heavy atom. The number of nitrogens with one attached hydrogen (secondary N) is 2. The van der Waals surface area contributed by atoms with E-state index in [0.29, 0.717) is 0 Å². The minimum absolute atomic E-state index is 0. The van der Waals surface area contributed by atoms with Gasteiger partial charge in [-0.05, 0) is 11.8 Å². The van der Waals surface area contributed by atoms with Crippen LogP contribution in [-0.4, -0.2) is 56.7 Å². The van der Waals surface area contributed by atoms with Gasteiger partial charge < -0.3 is 26.3 Å². The predicted molar refractivity (Wildman–Crippen MR) is 111 cm³/mol. The van der Waals surface area contributed by atoms with Crippen LogP contribution in [0, 0.1) is 11.8 Å². The lowest BCUT2D eigenvalue weighted by Crippen LogP contribution is -2.52. The second kappa shape index (κ2) is 10.2. The molecule has 0 radical (unpaired) electrons. The smallest absolute Gasteiger partial charge is 0.328 e. The average Bonchev–Trinajstić information content (AvgIpc) is 3.07. The molecule has 2 heterocycles. The fourth-order valence-electron chi connectivity index (χ4n) is 2.57. The molecule has 0 aliphatic carbocycles. The van der Waals surface area contributed by atoms with Crippen LogP contribution < -0.4 is 22.3 Å². The number of nitrogens with two attached hydrogens (primary N) is 2. The first-order valence-corrected chi connectivity index (χ1v) is 9.62. The standard InChI is InChI=1S/C18H29N7O5.H2/c1-9(2)11(19)15(26)22-12(10(3)4)17(28)30-6-5-29-8-25-7-21-13-14(25)23-18(20)24-16(13)27;/h7,9-12H,5-6,8,19H2,1-4H3,(H,22,26)(H3,20,23,24,27);1H/i;1+1. The number of aromatic amines is 1. The maximum absolute atomic E-state index is 12.3. The molecule has 168 valence electrons. The first-order chi connectivity index (χ1) is 14.1. The van der Waals surface area contributed by atoms with Gasteiger partial charge in [0.2, 0.25) is 11.9 Å². The number of hydrogen-bond donors (Lipinski definition) is 4. The van der Waals surface area contributed by atoms with Gasteiger partial charge in [-0.2, -0.15) is 4.98 Å². The molecule has 2 aromatic rings. The topological polar surface area (TPSA) is 180 Å². The van der Waals surface area contributed by atoms with E-state index < -0.39 is 29.5 Å². The van der Waals surface area contributed by atoms with Crippen LogP contribution in [0.4, 0.5) is 5.95 Å². The van der Waals surface area contributed by atoms with Crippen LogP contribution in [0.25, 0.3) is 11.2 Å². The predicted octanol–water partition coefficient (Wildman–Crippen LogP) is -0.411. The van der Waals surface area contributed by atoms with Crippen LogP contribution in [0.3, 0.4) is 0 Å². The number of ether oxygens (including phenoxy) is 2. The van der Waals surface area contributed by atoms with Gasteiger partial charge in [0.25, 0.3) is 5.56 Å². The second-order valence-electron chi connectivity index (χ2n) is 7.54. The summed E-state index contributed by atoms with van der Waals surface area (Å²) in [6.45, 7) is 7.37. The number of hydrogen-bond acceptors (Lipinski definition) is 9. The van der Waals surface area contributed by atoms with Crippen LogP contribution in [0.5, 0.6) is 0 Å². The summed E-state index contributed by atoms with van der Waals surface area (Å²) in [6.07, 6.45) is 1.40. The zero-order valence-corrected chi connectivity index (χ0v) is 17.5. The van der Waals surface area contributed by atoms with Crippen LogP contribution in [0.15, 0.2) is 11.1 Å². The number of nitrogens with zero attached hydrogens (tertiary/aromatic N) is 3. The fourth-order valence-corrected chi connectivity index (χ4v) is 2.57. The third kappa shape index (κ3) is 5.76. The van der Waals surface area contributed by atoms with E-state index in [1.54, 1.807) is 13.8 Å². The maximum atomic E-state index is 12.3. The van der Waals surface area contributed by atoms with E-state index in [9.17, 15) is 14.4 Å². The van der Waals surface area contributed by atoms with E-state index >= 15 is 0 Å². The lowest BCUT2D eigenvalue weighted by molar-refractivity contribution is -0.151. The van der Waals surface area contributed by atoms with Crippen LogP contribution >= 0.6 is 0 Å². The van der Waals surface area contributed by atoms with Crippen molar-refractivity contribution in [1.29, 1.82) is 0 Å². The summed E-state index contributed by atoms with van der Waals surface area (Å²) in [7, 11) is 0. The van der Waals surface area contributed by atoms with Gasteiger partial charge in [-0.1, -0.05) is 27.7 Å². The van der Waals surface area contributed by atoms with Crippen molar-refractivity contribution in [1.82, 2.24) is 24.8 Å². The third-order valence-electron chi connectivity index (χ3n) is 4.43. The summed E-state index contributed by atoms with van der Waals surface area (Å²) >= 11 is 0. The number of imidazole rings is 1. The van der Waals surface area contributed by atoms with E-state index in [1.807, 2.05) is 13.8 Å². The van der Waals surface area contributed by atoms with Gasteiger partial charge in [-0.25, -0.2) is 9.78 Å². The van der Waals surface area contributed by atoms with Crippen LogP contribution in [-0.2, 0) is 25.8 Å². The lowest BCUT2D eigenvalue weighted by Gasteiger charge is -2.23. The SMILES string of the molecule is CC(C)C(N)C(=O)NC(C(=O)OCCOCn1cnc2c(=O)[nH]c(N)nc21)C(C)C.[2HH]. The van der Waals surface area contributed by atoms with Crippen molar-refractivity contribution < 1.29 is 20.5 Å². The first-order valence-electron chi connectivity index (χ1n) is 9.62. The quantitative estimate of drug-likeness (QED) is 0.290. The normalized spacial score (nSPS) is 13.6. The Morgan fingerprint density at radius 1 is 1.27 bits per heavy atom. The van der Waals surface area contributed by atoms with Gasteiger partial charge in [-0.3, -0.25) is 19.1 Å². The average molecular weight is 426 g/mol. The molecule has 0 fully saturated rings. The number of H-pyrrole nitrogens is 1. The summed E-state index contributed by atoms with van der Waals surface area (Å²) in [4.78, 5) is 46.6. The van der Waals surface area contributed by atoms with Gasteiger partial charge in [0, 0.05) is 1.43 Å². The van der Waals surface area contributed by atoms with E-state index in [1.165, 1.54) is 10.9 Å². The molecule has 0 aliphatic heterocycles. The Labute approximate surface area is 174 Å². The largest absolute Gasteiger partial charge is 0.462 e. The molecule has 0 aliphatic rings. The van der Waals surface area contributed by atoms with E-state index in [-0.39, 0.29) is 50.3 Å². The fraction of sp³-hybridized carbons (Fsp3) is 0.611. The molecular formula is C18H31N7O5. The van der Waals surface area contributed by atoms with Crippen molar-refractivity contribution in [3.63, 3.8) is 0 Å². The molecule has 0 saturated carbocycles. The van der Waals surface area contributed by atoms with E-state index in [4.69, 9.17) is 20.9 Å². The van der Waals surface area contributed by atoms with Crippen LogP contribution in [0.1, 0.15) is 29.1 Å². The van der Waals surface area contributed by atoms with Gasteiger partial charge in [0.15, 0.2) is 11.2 Å². The highest BCUT2D eigenvalue weighted by Crippen LogP contribution is 2.08. The molecule has 0 aromatic carbocycles. The van der Waals surface area contributed by atoms with Crippen molar-refractivity contribution in [2.45, 2.75) is 46.5 Å². The van der Waals surface area contributed by atoms with Gasteiger partial charge in [0.05, 0.1) is 19.0 Å². The molecule has 6 N–H and O–H groups in total. The second-order valence-corrected chi connectivity index (χ2v) is 7.54. The molecule has 2 atom stereocenters. The summed E-state index contributed by atoms with van der Waals surface area (Å²) in [6, 6.07) is -1.51. The monoisotopic (exact) mass is 426 g/mol. The number of anilines is 1. The molecule has 2 rings (SSSR count). The molecule has 2 aromatic heterocycles. The van der Waals surface area contributed by atoms with Gasteiger partial charge in [0.1, 0.15) is 19.4 Å². The number of aromatic nitrogens is 4. The van der Waals surface area contributed by atoms with Crippen LogP contribution in [0.2, 0.25) is 0 Å². The number of nitrogen functional groups attached to an aromatic ring is 1. The Morgan fingerprint density at radius 2 is 1.97 bits per heavy atom. The van der Waals surface area contributed by atoms with Crippen molar-refractivity contribution in [3.05, 3.63) is 16.7 Å². The zero-order chi connectivity index (χ0) is 22.4. The Kier molecular flexibility index (Phi) is 7.89. The number of carbonyl (C=O) groups is 2. The molecule has 12 heteroatoms. The van der Waals surface area contributed by atoms with Crippen molar-refractivity contribution >= 4 is 29.0 Å². The molecule has 0 bridgehead atoms.